The average Bonchev–Trinajstić information content (AvgIpc) is 2.38. The second-order valence-electron chi connectivity index (χ2n) is 4.31. The number of carbonyl (C=O) groups excluding carboxylic acids is 2. The first-order valence-electron chi connectivity index (χ1n) is 6.28. The van der Waals surface area contributed by atoms with E-state index >= 15 is 0 Å². The van der Waals surface area contributed by atoms with Gasteiger partial charge in [-0.25, -0.2) is 9.59 Å². The van der Waals surface area contributed by atoms with Crippen LogP contribution in [0.15, 0.2) is 29.8 Å². The molecule has 1 heterocycles. The second-order valence-corrected chi connectivity index (χ2v) is 4.72. The van der Waals surface area contributed by atoms with Gasteiger partial charge in [-0.3, -0.25) is 0 Å². The van der Waals surface area contributed by atoms with Crippen molar-refractivity contribution in [2.45, 2.75) is 19.9 Å². The largest absolute Gasteiger partial charge is 0.463 e. The second kappa shape index (κ2) is 5.96. The molecule has 1 aliphatic heterocycles. The minimum atomic E-state index is -0.470. The van der Waals surface area contributed by atoms with Gasteiger partial charge in [-0.15, -0.1) is 0 Å². The first kappa shape index (κ1) is 14.4. The van der Waals surface area contributed by atoms with Gasteiger partial charge in [-0.2, -0.15) is 0 Å². The normalized spacial score (nSPS) is 18.4. The number of nitrogens with one attached hydrogen (secondary N) is 2. The summed E-state index contributed by atoms with van der Waals surface area (Å²) in [5.41, 5.74) is 1.35. The van der Waals surface area contributed by atoms with Crippen LogP contribution < -0.4 is 10.6 Å². The molecule has 0 aromatic heterocycles. The molecule has 2 N–H and O–H groups in total. The van der Waals surface area contributed by atoms with E-state index in [1.54, 1.807) is 38.1 Å². The third kappa shape index (κ3) is 2.77. The summed E-state index contributed by atoms with van der Waals surface area (Å²) in [5, 5.41) is 5.73. The Kier molecular flexibility index (Phi) is 4.29. The van der Waals surface area contributed by atoms with E-state index in [-0.39, 0.29) is 12.6 Å². The number of hydrogen-bond acceptors (Lipinski definition) is 3. The molecule has 5 nitrogen and oxygen atoms in total. The molecule has 0 spiro atoms. The number of hydrogen-bond donors (Lipinski definition) is 2. The molecule has 0 bridgehead atoms. The maximum atomic E-state index is 12.1. The van der Waals surface area contributed by atoms with E-state index in [1.807, 2.05) is 0 Å². The lowest BCUT2D eigenvalue weighted by atomic mass is 9.99. The lowest BCUT2D eigenvalue weighted by molar-refractivity contribution is -0.138. The molecule has 0 saturated heterocycles. The van der Waals surface area contributed by atoms with Crippen molar-refractivity contribution in [1.29, 1.82) is 0 Å². The van der Waals surface area contributed by atoms with Crippen molar-refractivity contribution in [3.8, 4) is 0 Å². The Morgan fingerprint density at radius 2 is 2.10 bits per heavy atom. The Morgan fingerprint density at radius 3 is 2.75 bits per heavy atom. The van der Waals surface area contributed by atoms with E-state index in [9.17, 15) is 9.59 Å². The molecule has 0 aliphatic carbocycles. The Bertz CT molecular complexity index is 584. The van der Waals surface area contributed by atoms with Crippen molar-refractivity contribution in [2.24, 2.45) is 0 Å². The zero-order valence-electron chi connectivity index (χ0n) is 11.2. The summed E-state index contributed by atoms with van der Waals surface area (Å²) in [6, 6.07) is 6.19. The highest BCUT2D eigenvalue weighted by atomic mass is 35.5. The average molecular weight is 295 g/mol. The van der Waals surface area contributed by atoms with Gasteiger partial charge in [0.25, 0.3) is 0 Å². The van der Waals surface area contributed by atoms with E-state index in [2.05, 4.69) is 10.6 Å². The van der Waals surface area contributed by atoms with Crippen LogP contribution in [0, 0.1) is 0 Å². The van der Waals surface area contributed by atoms with Gasteiger partial charge in [0.1, 0.15) is 0 Å². The topological polar surface area (TPSA) is 67.4 Å². The fraction of sp³-hybridized carbons (Fsp3) is 0.286. The summed E-state index contributed by atoms with van der Waals surface area (Å²) >= 11 is 6.14. The van der Waals surface area contributed by atoms with Gasteiger partial charge >= 0.3 is 12.0 Å². The van der Waals surface area contributed by atoms with Crippen LogP contribution in [-0.4, -0.2) is 24.6 Å². The van der Waals surface area contributed by atoms with Crippen LogP contribution in [0.1, 0.15) is 19.4 Å². The molecule has 106 valence electrons. The van der Waals surface area contributed by atoms with Gasteiger partial charge in [0, 0.05) is 10.6 Å². The highest BCUT2D eigenvalue weighted by Gasteiger charge is 2.31. The van der Waals surface area contributed by atoms with Gasteiger partial charge < -0.3 is 15.4 Å². The molecule has 6 heteroatoms. The molecular weight excluding hydrogens is 280 g/mol. The van der Waals surface area contributed by atoms with E-state index in [1.165, 1.54) is 0 Å². The van der Waals surface area contributed by atoms with Gasteiger partial charge in [0.2, 0.25) is 0 Å². The number of amides is 2. The molecule has 2 rings (SSSR count). The van der Waals surface area contributed by atoms with E-state index in [0.717, 1.165) is 0 Å². The van der Waals surface area contributed by atoms with Crippen molar-refractivity contribution in [1.82, 2.24) is 10.6 Å². The lowest BCUT2D eigenvalue weighted by Crippen LogP contribution is -2.48. The quantitative estimate of drug-likeness (QED) is 0.841. The molecule has 2 amide bonds. The SMILES string of the molecule is CCOC(=O)C1=C(c2ccccc2Cl)NC(=O)NC1C. The standard InChI is InChI=1S/C14H15ClN2O3/c1-3-20-13(18)11-8(2)16-14(19)17-12(11)9-6-4-5-7-10(9)15/h4-8H,3H2,1-2H3,(H2,16,17,19). The number of ether oxygens (including phenoxy) is 1. The Morgan fingerprint density at radius 1 is 1.40 bits per heavy atom. The van der Waals surface area contributed by atoms with Crippen LogP contribution in [-0.2, 0) is 9.53 Å². The Balaban J connectivity index is 2.56. The predicted octanol–water partition coefficient (Wildman–Crippen LogP) is 2.32. The summed E-state index contributed by atoms with van der Waals surface area (Å²) in [7, 11) is 0. The number of carbonyl (C=O) groups is 2. The van der Waals surface area contributed by atoms with Crippen LogP contribution in [0.5, 0.6) is 0 Å². The van der Waals surface area contributed by atoms with Crippen molar-refractivity contribution in [3.63, 3.8) is 0 Å². The zero-order chi connectivity index (χ0) is 14.7. The number of halogens is 1. The molecular formula is C14H15ClN2O3. The molecule has 1 atom stereocenters. The number of rotatable bonds is 3. The molecule has 20 heavy (non-hydrogen) atoms. The zero-order valence-corrected chi connectivity index (χ0v) is 12.0. The fourth-order valence-corrected chi connectivity index (χ4v) is 2.30. The first-order chi connectivity index (χ1) is 9.54. The molecule has 1 aromatic carbocycles. The third-order valence-electron chi connectivity index (χ3n) is 2.93. The van der Waals surface area contributed by atoms with Crippen LogP contribution in [0.4, 0.5) is 4.79 Å². The predicted molar refractivity (Wildman–Crippen MR) is 76.1 cm³/mol. The monoisotopic (exact) mass is 294 g/mol. The first-order valence-corrected chi connectivity index (χ1v) is 6.66. The summed E-state index contributed by atoms with van der Waals surface area (Å²) in [4.78, 5) is 23.7. The highest BCUT2D eigenvalue weighted by Crippen LogP contribution is 2.28. The Labute approximate surface area is 121 Å². The van der Waals surface area contributed by atoms with Gasteiger partial charge in [0.15, 0.2) is 0 Å². The molecule has 0 fully saturated rings. The summed E-state index contributed by atoms with van der Waals surface area (Å²) in [5.74, 6) is -0.470. The van der Waals surface area contributed by atoms with Crippen LogP contribution >= 0.6 is 11.6 Å². The summed E-state index contributed by atoms with van der Waals surface area (Å²) in [6.07, 6.45) is 0. The smallest absolute Gasteiger partial charge is 0.338 e. The van der Waals surface area contributed by atoms with Crippen LogP contribution in [0.3, 0.4) is 0 Å². The third-order valence-corrected chi connectivity index (χ3v) is 3.26. The van der Waals surface area contributed by atoms with E-state index < -0.39 is 12.0 Å². The number of esters is 1. The van der Waals surface area contributed by atoms with Crippen LogP contribution in [0.25, 0.3) is 5.70 Å². The van der Waals surface area contributed by atoms with Crippen molar-refractivity contribution in [2.75, 3.05) is 6.61 Å². The summed E-state index contributed by atoms with van der Waals surface area (Å²) < 4.78 is 5.05. The summed E-state index contributed by atoms with van der Waals surface area (Å²) in [6.45, 7) is 3.72. The van der Waals surface area contributed by atoms with Gasteiger partial charge in [-0.1, -0.05) is 29.8 Å². The molecule has 0 radical (unpaired) electrons. The van der Waals surface area contributed by atoms with E-state index in [0.29, 0.717) is 21.9 Å². The van der Waals surface area contributed by atoms with Crippen LogP contribution in [0.2, 0.25) is 5.02 Å². The van der Waals surface area contributed by atoms with Crippen molar-refractivity contribution >= 4 is 29.3 Å². The molecule has 1 aromatic rings. The molecule has 1 unspecified atom stereocenters. The minimum absolute atomic E-state index is 0.263. The number of urea groups is 1. The van der Waals surface area contributed by atoms with Crippen molar-refractivity contribution in [3.05, 3.63) is 40.4 Å². The minimum Gasteiger partial charge on any atom is -0.463 e. The fourth-order valence-electron chi connectivity index (χ4n) is 2.07. The maximum absolute atomic E-state index is 12.1. The Hall–Kier alpha value is -2.01. The number of benzene rings is 1. The highest BCUT2D eigenvalue weighted by molar-refractivity contribution is 6.32. The molecule has 1 aliphatic rings. The molecule has 0 saturated carbocycles. The van der Waals surface area contributed by atoms with Gasteiger partial charge in [0.05, 0.1) is 23.9 Å². The maximum Gasteiger partial charge on any atom is 0.338 e. The lowest BCUT2D eigenvalue weighted by Gasteiger charge is -2.27. The van der Waals surface area contributed by atoms with E-state index in [4.69, 9.17) is 16.3 Å². The van der Waals surface area contributed by atoms with Crippen molar-refractivity contribution < 1.29 is 14.3 Å². The van der Waals surface area contributed by atoms with Gasteiger partial charge in [-0.05, 0) is 19.9 Å².